The van der Waals surface area contributed by atoms with Crippen molar-refractivity contribution >= 4 is 29.2 Å². The van der Waals surface area contributed by atoms with E-state index >= 15 is 0 Å². The Morgan fingerprint density at radius 3 is 2.60 bits per heavy atom. The van der Waals surface area contributed by atoms with Gasteiger partial charge in [-0.1, -0.05) is 36.0 Å². The van der Waals surface area contributed by atoms with Crippen molar-refractivity contribution in [3.8, 4) is 5.75 Å². The first-order chi connectivity index (χ1) is 9.31. The van der Waals surface area contributed by atoms with E-state index in [1.54, 1.807) is 12.1 Å². The number of hydrogen-bond donors (Lipinski definition) is 1. The third-order valence-corrected chi connectivity index (χ3v) is 5.07. The molecule has 0 amide bonds. The minimum absolute atomic E-state index is 0. The number of halogens is 1. The van der Waals surface area contributed by atoms with Crippen molar-refractivity contribution < 1.29 is 5.11 Å². The average Bonchev–Trinajstić information content (AvgIpc) is 2.97. The van der Waals surface area contributed by atoms with Crippen molar-refractivity contribution in [3.05, 3.63) is 65.2 Å². The first kappa shape index (κ1) is 13.5. The molecule has 2 aromatic rings. The van der Waals surface area contributed by atoms with Crippen LogP contribution in [0.4, 0.5) is 0 Å². The van der Waals surface area contributed by atoms with E-state index in [1.165, 1.54) is 11.1 Å². The topological polar surface area (TPSA) is 32.6 Å². The molecule has 2 aliphatic rings. The lowest BCUT2D eigenvalue weighted by molar-refractivity contribution is 0.475. The Hall–Kier alpha value is -1.45. The number of benzene rings is 2. The zero-order valence-corrected chi connectivity index (χ0v) is 12.3. The molecule has 4 rings (SSSR count). The molecule has 4 heteroatoms. The van der Waals surface area contributed by atoms with Gasteiger partial charge >= 0.3 is 0 Å². The van der Waals surface area contributed by atoms with Crippen LogP contribution in [0.1, 0.15) is 22.7 Å². The largest absolute Gasteiger partial charge is 0.508 e. The molecule has 20 heavy (non-hydrogen) atoms. The lowest BCUT2D eigenvalue weighted by Crippen LogP contribution is -2.02. The van der Waals surface area contributed by atoms with E-state index in [2.05, 4.69) is 24.3 Å². The van der Waals surface area contributed by atoms with Gasteiger partial charge in [0, 0.05) is 10.8 Å². The molecule has 2 atom stereocenters. The van der Waals surface area contributed by atoms with Crippen LogP contribution in [0.5, 0.6) is 5.75 Å². The summed E-state index contributed by atoms with van der Waals surface area (Å²) in [6, 6.07) is 16.2. The molecule has 0 fully saturated rings. The molecule has 1 aliphatic heterocycles. The van der Waals surface area contributed by atoms with E-state index in [-0.39, 0.29) is 12.4 Å². The van der Waals surface area contributed by atoms with Gasteiger partial charge in [0.1, 0.15) is 5.75 Å². The lowest BCUT2D eigenvalue weighted by Gasteiger charge is -2.05. The number of fused-ring (bicyclic) bond motifs is 3. The van der Waals surface area contributed by atoms with E-state index < -0.39 is 0 Å². The Balaban J connectivity index is 0.00000121. The molecule has 0 spiro atoms. The van der Waals surface area contributed by atoms with Crippen LogP contribution in [0.15, 0.2) is 53.5 Å². The number of thioether (sulfide) groups is 1. The highest BCUT2D eigenvalue weighted by Crippen LogP contribution is 2.47. The zero-order chi connectivity index (χ0) is 12.8. The van der Waals surface area contributed by atoms with Crippen molar-refractivity contribution in [2.24, 2.45) is 4.99 Å². The number of phenols is 1. The van der Waals surface area contributed by atoms with Gasteiger partial charge in [0.2, 0.25) is 0 Å². The van der Waals surface area contributed by atoms with Crippen LogP contribution in [0.2, 0.25) is 0 Å². The van der Waals surface area contributed by atoms with Gasteiger partial charge in [-0.15, -0.1) is 12.4 Å². The highest BCUT2D eigenvalue weighted by molar-refractivity contribution is 8.15. The van der Waals surface area contributed by atoms with Gasteiger partial charge in [-0.25, -0.2) is 0 Å². The van der Waals surface area contributed by atoms with Crippen LogP contribution < -0.4 is 0 Å². The van der Waals surface area contributed by atoms with Crippen molar-refractivity contribution in [1.29, 1.82) is 0 Å². The van der Waals surface area contributed by atoms with Crippen LogP contribution in [-0.2, 0) is 6.42 Å². The SMILES string of the molecule is Cl.Oc1ccc(C2=NC3c4ccccc4CC3S2)cc1. The van der Waals surface area contributed by atoms with E-state index in [4.69, 9.17) is 4.99 Å². The maximum absolute atomic E-state index is 9.34. The van der Waals surface area contributed by atoms with Crippen molar-refractivity contribution in [1.82, 2.24) is 0 Å². The summed E-state index contributed by atoms with van der Waals surface area (Å²) in [4.78, 5) is 4.89. The minimum Gasteiger partial charge on any atom is -0.508 e. The molecular formula is C16H14ClNOS. The highest BCUT2D eigenvalue weighted by atomic mass is 35.5. The highest BCUT2D eigenvalue weighted by Gasteiger charge is 2.38. The van der Waals surface area contributed by atoms with Crippen LogP contribution in [0.3, 0.4) is 0 Å². The molecule has 0 radical (unpaired) electrons. The molecule has 2 unspecified atom stereocenters. The summed E-state index contributed by atoms with van der Waals surface area (Å²) >= 11 is 1.87. The van der Waals surface area contributed by atoms with Crippen LogP contribution in [-0.4, -0.2) is 15.4 Å². The monoisotopic (exact) mass is 303 g/mol. The fourth-order valence-corrected chi connectivity index (χ4v) is 4.18. The summed E-state index contributed by atoms with van der Waals surface area (Å²) < 4.78 is 0. The summed E-state index contributed by atoms with van der Waals surface area (Å²) in [7, 11) is 0. The van der Waals surface area contributed by atoms with Crippen molar-refractivity contribution in [2.45, 2.75) is 17.7 Å². The van der Waals surface area contributed by atoms with Gasteiger partial charge in [0.15, 0.2) is 0 Å². The van der Waals surface area contributed by atoms with Gasteiger partial charge < -0.3 is 5.11 Å². The Morgan fingerprint density at radius 2 is 1.80 bits per heavy atom. The van der Waals surface area contributed by atoms with Gasteiger partial charge in [-0.2, -0.15) is 0 Å². The molecule has 2 aromatic carbocycles. The maximum atomic E-state index is 9.34. The summed E-state index contributed by atoms with van der Waals surface area (Å²) in [6.07, 6.45) is 1.11. The van der Waals surface area contributed by atoms with Crippen molar-refractivity contribution in [2.75, 3.05) is 0 Å². The fourth-order valence-electron chi connectivity index (χ4n) is 2.84. The molecular weight excluding hydrogens is 290 g/mol. The number of phenolic OH excluding ortho intramolecular Hbond substituents is 1. The molecule has 0 aromatic heterocycles. The number of aromatic hydroxyl groups is 1. The number of hydrogen-bond acceptors (Lipinski definition) is 3. The van der Waals surface area contributed by atoms with E-state index in [0.717, 1.165) is 17.0 Å². The van der Waals surface area contributed by atoms with Gasteiger partial charge in [0.25, 0.3) is 0 Å². The van der Waals surface area contributed by atoms with Gasteiger partial charge in [-0.3, -0.25) is 4.99 Å². The molecule has 1 heterocycles. The van der Waals surface area contributed by atoms with Crippen LogP contribution in [0.25, 0.3) is 0 Å². The van der Waals surface area contributed by atoms with Crippen LogP contribution >= 0.6 is 24.2 Å². The van der Waals surface area contributed by atoms with Crippen LogP contribution in [0, 0.1) is 0 Å². The number of aliphatic imine (C=N–C) groups is 1. The first-order valence-electron chi connectivity index (χ1n) is 6.43. The second kappa shape index (κ2) is 5.15. The Bertz CT molecular complexity index is 668. The molecule has 2 nitrogen and oxygen atoms in total. The van der Waals surface area contributed by atoms with Gasteiger partial charge in [-0.05, 0) is 41.8 Å². The second-order valence-electron chi connectivity index (χ2n) is 4.99. The quantitative estimate of drug-likeness (QED) is 0.864. The summed E-state index contributed by atoms with van der Waals surface area (Å²) in [5.41, 5.74) is 3.93. The predicted molar refractivity (Wildman–Crippen MR) is 86.2 cm³/mol. The Kier molecular flexibility index (Phi) is 3.48. The fraction of sp³-hybridized carbons (Fsp3) is 0.188. The summed E-state index contributed by atoms with van der Waals surface area (Å²) in [6.45, 7) is 0. The third-order valence-electron chi connectivity index (χ3n) is 3.78. The normalized spacial score (nSPS) is 22.7. The zero-order valence-electron chi connectivity index (χ0n) is 10.7. The molecule has 1 aliphatic carbocycles. The second-order valence-corrected chi connectivity index (χ2v) is 6.21. The predicted octanol–water partition coefficient (Wildman–Crippen LogP) is 3.97. The third kappa shape index (κ3) is 2.11. The van der Waals surface area contributed by atoms with Gasteiger partial charge in [0.05, 0.1) is 11.1 Å². The molecule has 0 saturated heterocycles. The Labute approximate surface area is 128 Å². The summed E-state index contributed by atoms with van der Waals surface area (Å²) in [5.74, 6) is 0.304. The minimum atomic E-state index is 0. The number of rotatable bonds is 1. The van der Waals surface area contributed by atoms with E-state index in [1.807, 2.05) is 23.9 Å². The number of nitrogens with zero attached hydrogens (tertiary/aromatic N) is 1. The molecule has 0 saturated carbocycles. The molecule has 102 valence electrons. The molecule has 1 N–H and O–H groups in total. The van der Waals surface area contributed by atoms with E-state index in [0.29, 0.717) is 17.0 Å². The summed E-state index contributed by atoms with van der Waals surface area (Å²) in [5, 5.41) is 11.0. The maximum Gasteiger partial charge on any atom is 0.115 e. The molecule has 0 bridgehead atoms. The lowest BCUT2D eigenvalue weighted by atomic mass is 10.1. The van der Waals surface area contributed by atoms with E-state index in [9.17, 15) is 5.11 Å². The Morgan fingerprint density at radius 1 is 1.05 bits per heavy atom. The standard InChI is InChI=1S/C16H13NOS.ClH/c18-12-7-5-10(6-8-12)16-17-15-13-4-2-1-3-11(13)9-14(15)19-16;/h1-8,14-15,18H,9H2;1H. The first-order valence-corrected chi connectivity index (χ1v) is 7.31. The average molecular weight is 304 g/mol. The smallest absolute Gasteiger partial charge is 0.115 e. The van der Waals surface area contributed by atoms with Crippen molar-refractivity contribution in [3.63, 3.8) is 0 Å².